The largest absolute Gasteiger partial charge is 0.506 e. The minimum Gasteiger partial charge on any atom is -0.506 e. The summed E-state index contributed by atoms with van der Waals surface area (Å²) in [7, 11) is 3.44. The minimum atomic E-state index is -0.305. The molecule has 0 aromatic heterocycles. The van der Waals surface area contributed by atoms with Crippen LogP contribution in [0.4, 0.5) is 4.79 Å². The van der Waals surface area contributed by atoms with E-state index in [1.807, 2.05) is 12.1 Å². The summed E-state index contributed by atoms with van der Waals surface area (Å²) in [4.78, 5) is 15.2. The van der Waals surface area contributed by atoms with Crippen molar-refractivity contribution in [2.75, 3.05) is 14.1 Å². The molecule has 0 spiro atoms. The Labute approximate surface area is 166 Å². The van der Waals surface area contributed by atoms with Crippen molar-refractivity contribution in [1.82, 2.24) is 20.1 Å². The van der Waals surface area contributed by atoms with Crippen LogP contribution < -0.4 is 5.32 Å². The first-order valence-corrected chi connectivity index (χ1v) is 9.19. The first kappa shape index (κ1) is 17.0. The van der Waals surface area contributed by atoms with Gasteiger partial charge in [0, 0.05) is 23.2 Å². The number of carbonyl (C=O) groups excluding carboxylic acids is 1. The summed E-state index contributed by atoms with van der Waals surface area (Å²) >= 11 is 9.57. The fourth-order valence-electron chi connectivity index (χ4n) is 2.60. The van der Waals surface area contributed by atoms with E-state index in [1.54, 1.807) is 35.1 Å². The van der Waals surface area contributed by atoms with Gasteiger partial charge in [0.25, 0.3) is 0 Å². The van der Waals surface area contributed by atoms with E-state index in [0.29, 0.717) is 10.7 Å². The van der Waals surface area contributed by atoms with Crippen LogP contribution in [0, 0.1) is 7.14 Å². The van der Waals surface area contributed by atoms with Crippen molar-refractivity contribution >= 4 is 74.8 Å². The number of fused-ring (bicyclic) bond motifs is 1. The number of likely N-dealkylation sites (N-methyl/N-ethyl adjacent to an activating group) is 2. The van der Waals surface area contributed by atoms with Crippen LogP contribution in [0.1, 0.15) is 5.56 Å². The first-order valence-electron chi connectivity index (χ1n) is 6.62. The number of aromatic hydroxyl groups is 1. The molecule has 3 rings (SSSR count). The van der Waals surface area contributed by atoms with E-state index in [0.717, 1.165) is 7.14 Å². The van der Waals surface area contributed by atoms with Crippen LogP contribution in [-0.4, -0.2) is 63.7 Å². The zero-order chi connectivity index (χ0) is 16.9. The molecule has 10 heteroatoms. The molecule has 0 aliphatic carbocycles. The van der Waals surface area contributed by atoms with Gasteiger partial charge in [0.2, 0.25) is 0 Å². The number of hydrogen-bond donors (Lipinski definition) is 2. The summed E-state index contributed by atoms with van der Waals surface area (Å²) in [5.41, 5.74) is 0.605. The van der Waals surface area contributed by atoms with E-state index in [4.69, 9.17) is 12.2 Å². The zero-order valence-corrected chi connectivity index (χ0v) is 17.3. The number of nitrogens with one attached hydrogen (secondary N) is 1. The van der Waals surface area contributed by atoms with Crippen LogP contribution in [0.5, 0.6) is 5.75 Å². The number of nitrogens with zero attached hydrogens (tertiary/aromatic N) is 4. The summed E-state index contributed by atoms with van der Waals surface area (Å²) in [5, 5.41) is 19.7. The molecule has 2 unspecified atom stereocenters. The minimum absolute atomic E-state index is 0.0955. The van der Waals surface area contributed by atoms with E-state index < -0.39 is 0 Å². The number of thiocarbonyl (C=S) groups is 1. The SMILES string of the molecule is CN1C(=O)N(C)C2C1NC(=S)N2/N=C/c1cc(I)cc(I)c1O. The average molecular weight is 557 g/mol. The molecule has 1 aromatic carbocycles. The van der Waals surface area contributed by atoms with Crippen molar-refractivity contribution in [1.29, 1.82) is 0 Å². The Balaban J connectivity index is 1.91. The maximum Gasteiger partial charge on any atom is 0.323 e. The van der Waals surface area contributed by atoms with Crippen molar-refractivity contribution in [3.8, 4) is 5.75 Å². The maximum absolute atomic E-state index is 12.0. The van der Waals surface area contributed by atoms with Gasteiger partial charge in [-0.3, -0.25) is 0 Å². The van der Waals surface area contributed by atoms with Crippen molar-refractivity contribution in [3.05, 3.63) is 24.8 Å². The third-order valence-corrected chi connectivity index (χ3v) is 5.56. The highest BCUT2D eigenvalue weighted by Crippen LogP contribution is 2.28. The van der Waals surface area contributed by atoms with Crippen LogP contribution in [0.2, 0.25) is 0 Å². The molecular weight excluding hydrogens is 544 g/mol. The lowest BCUT2D eigenvalue weighted by molar-refractivity contribution is 0.174. The molecule has 0 bridgehead atoms. The van der Waals surface area contributed by atoms with Gasteiger partial charge >= 0.3 is 6.03 Å². The van der Waals surface area contributed by atoms with Crippen LogP contribution in [-0.2, 0) is 0 Å². The molecule has 2 N–H and O–H groups in total. The van der Waals surface area contributed by atoms with Gasteiger partial charge < -0.3 is 20.2 Å². The molecule has 2 heterocycles. The normalized spacial score (nSPS) is 23.9. The summed E-state index contributed by atoms with van der Waals surface area (Å²) in [6.07, 6.45) is 1.02. The predicted molar refractivity (Wildman–Crippen MR) is 107 cm³/mol. The third-order valence-electron chi connectivity index (χ3n) is 3.81. The Hall–Kier alpha value is -0.890. The molecule has 2 aliphatic rings. The van der Waals surface area contributed by atoms with E-state index in [9.17, 15) is 9.90 Å². The molecular formula is C13H13I2N5O2S. The number of halogens is 2. The Morgan fingerprint density at radius 1 is 1.35 bits per heavy atom. The second-order valence-corrected chi connectivity index (χ2v) is 8.02. The van der Waals surface area contributed by atoms with Gasteiger partial charge in [-0.1, -0.05) is 0 Å². The lowest BCUT2D eigenvalue weighted by Gasteiger charge is -2.23. The Morgan fingerprint density at radius 2 is 2.04 bits per heavy atom. The van der Waals surface area contributed by atoms with Crippen molar-refractivity contribution in [2.24, 2.45) is 5.10 Å². The summed E-state index contributed by atoms with van der Waals surface area (Å²) in [5.74, 6) is 0.178. The van der Waals surface area contributed by atoms with E-state index in [-0.39, 0.29) is 24.1 Å². The second-order valence-electron chi connectivity index (χ2n) is 5.23. The molecule has 2 atom stereocenters. The molecule has 0 saturated carbocycles. The van der Waals surface area contributed by atoms with Crippen molar-refractivity contribution in [3.63, 3.8) is 0 Å². The Bertz CT molecular complexity index is 729. The number of amides is 2. The number of phenolic OH excluding ortho intramolecular Hbond substituents is 1. The molecule has 2 aliphatic heterocycles. The number of hydrogen-bond acceptors (Lipinski definition) is 4. The number of hydrazone groups is 1. The number of urea groups is 1. The van der Waals surface area contributed by atoms with Gasteiger partial charge in [0.1, 0.15) is 11.9 Å². The lowest BCUT2D eigenvalue weighted by Crippen LogP contribution is -2.41. The molecule has 122 valence electrons. The summed E-state index contributed by atoms with van der Waals surface area (Å²) in [6, 6.07) is 3.62. The topological polar surface area (TPSA) is 71.4 Å². The lowest BCUT2D eigenvalue weighted by atomic mass is 10.2. The molecule has 2 saturated heterocycles. The number of benzene rings is 1. The Morgan fingerprint density at radius 3 is 2.74 bits per heavy atom. The van der Waals surface area contributed by atoms with E-state index in [2.05, 4.69) is 55.6 Å². The summed E-state index contributed by atoms with van der Waals surface area (Å²) in [6.45, 7) is 0. The van der Waals surface area contributed by atoms with E-state index >= 15 is 0 Å². The predicted octanol–water partition coefficient (Wildman–Crippen LogP) is 1.77. The van der Waals surface area contributed by atoms with Gasteiger partial charge in [-0.25, -0.2) is 9.80 Å². The molecule has 0 radical (unpaired) electrons. The molecule has 23 heavy (non-hydrogen) atoms. The fourth-order valence-corrected chi connectivity index (χ4v) is 4.77. The highest BCUT2D eigenvalue weighted by atomic mass is 127. The molecule has 7 nitrogen and oxygen atoms in total. The average Bonchev–Trinajstić information content (AvgIpc) is 2.92. The number of rotatable bonds is 2. The summed E-state index contributed by atoms with van der Waals surface area (Å²) < 4.78 is 1.75. The first-order chi connectivity index (χ1) is 10.8. The quantitative estimate of drug-likeness (QED) is 0.330. The van der Waals surface area contributed by atoms with Gasteiger partial charge in [0.15, 0.2) is 11.3 Å². The molecule has 2 amide bonds. The van der Waals surface area contributed by atoms with Gasteiger partial charge in [-0.05, 0) is 69.5 Å². The standard InChI is InChI=1S/C13H13I2N5O2S/c1-18-10-11(19(2)13(18)22)20(12(23)17-10)16-5-6-3-7(14)4-8(15)9(6)21/h3-5,10-11,21H,1-2H3,(H,17,23)/b16-5+. The monoisotopic (exact) mass is 557 g/mol. The highest BCUT2D eigenvalue weighted by molar-refractivity contribution is 14.1. The number of carbonyl (C=O) groups is 1. The molecule has 1 aromatic rings. The van der Waals surface area contributed by atoms with E-state index in [1.165, 1.54) is 0 Å². The zero-order valence-electron chi connectivity index (χ0n) is 12.2. The smallest absolute Gasteiger partial charge is 0.323 e. The fraction of sp³-hybridized carbons (Fsp3) is 0.308. The van der Waals surface area contributed by atoms with Crippen molar-refractivity contribution < 1.29 is 9.90 Å². The van der Waals surface area contributed by atoms with Gasteiger partial charge in [-0.2, -0.15) is 5.10 Å². The van der Waals surface area contributed by atoms with Crippen LogP contribution in [0.25, 0.3) is 0 Å². The van der Waals surface area contributed by atoms with Gasteiger partial charge in [-0.15, -0.1) is 0 Å². The third kappa shape index (κ3) is 2.84. The highest BCUT2D eigenvalue weighted by Gasteiger charge is 2.51. The van der Waals surface area contributed by atoms with Crippen LogP contribution >= 0.6 is 57.4 Å². The maximum atomic E-state index is 12.0. The van der Waals surface area contributed by atoms with Gasteiger partial charge in [0.05, 0.1) is 9.78 Å². The number of phenols is 1. The van der Waals surface area contributed by atoms with Crippen LogP contribution in [0.3, 0.4) is 0 Å². The van der Waals surface area contributed by atoms with Crippen LogP contribution in [0.15, 0.2) is 17.2 Å². The molecule has 2 fully saturated rings. The Kier molecular flexibility index (Phi) is 4.57. The second kappa shape index (κ2) is 6.20. The van der Waals surface area contributed by atoms with Crippen molar-refractivity contribution in [2.45, 2.75) is 12.3 Å².